The van der Waals surface area contributed by atoms with Crippen molar-refractivity contribution in [3.63, 3.8) is 0 Å². The summed E-state index contributed by atoms with van der Waals surface area (Å²) in [5.41, 5.74) is 2.71. The van der Waals surface area contributed by atoms with Crippen LogP contribution >= 0.6 is 11.6 Å². The quantitative estimate of drug-likeness (QED) is 0.757. The van der Waals surface area contributed by atoms with Crippen molar-refractivity contribution in [1.29, 1.82) is 0 Å². The van der Waals surface area contributed by atoms with Gasteiger partial charge in [0.15, 0.2) is 0 Å². The van der Waals surface area contributed by atoms with Crippen LogP contribution in [-0.4, -0.2) is 17.6 Å². The monoisotopic (exact) mass is 370 g/mol. The zero-order valence-electron chi connectivity index (χ0n) is 14.8. The number of nitrogens with one attached hydrogen (secondary N) is 1. The Bertz CT molecular complexity index is 1060. The van der Waals surface area contributed by atoms with Crippen molar-refractivity contribution in [2.45, 2.75) is 20.4 Å². The molecule has 0 aliphatic heterocycles. The number of hydrogen-bond donors (Lipinski definition) is 1. The Labute approximate surface area is 156 Å². The fourth-order valence-corrected chi connectivity index (χ4v) is 3.09. The number of benzene rings is 2. The number of amides is 1. The van der Waals surface area contributed by atoms with Gasteiger partial charge in [-0.15, -0.1) is 0 Å². The minimum absolute atomic E-state index is 0.124. The molecule has 0 atom stereocenters. The number of halogens is 1. The van der Waals surface area contributed by atoms with Gasteiger partial charge < -0.3 is 10.1 Å². The van der Waals surface area contributed by atoms with Crippen molar-refractivity contribution >= 4 is 34.1 Å². The molecule has 0 unspecified atom stereocenters. The van der Waals surface area contributed by atoms with Gasteiger partial charge in [-0.3, -0.25) is 14.2 Å². The van der Waals surface area contributed by atoms with Crippen LogP contribution in [0.2, 0.25) is 5.02 Å². The number of ether oxygens (including phenoxy) is 1. The summed E-state index contributed by atoms with van der Waals surface area (Å²) in [5.74, 6) is 0.234. The molecule has 0 fully saturated rings. The Morgan fingerprint density at radius 1 is 1.15 bits per heavy atom. The molecule has 1 heterocycles. The summed E-state index contributed by atoms with van der Waals surface area (Å²) in [6.07, 6.45) is 0. The first kappa shape index (κ1) is 18.0. The summed E-state index contributed by atoms with van der Waals surface area (Å²) >= 11 is 6.09. The Balaban J connectivity index is 1.99. The predicted octanol–water partition coefficient (Wildman–Crippen LogP) is 3.92. The minimum Gasteiger partial charge on any atom is -0.495 e. The van der Waals surface area contributed by atoms with E-state index in [1.54, 1.807) is 25.3 Å². The third kappa shape index (κ3) is 3.44. The van der Waals surface area contributed by atoms with Crippen molar-refractivity contribution in [2.24, 2.45) is 0 Å². The Hall–Kier alpha value is -2.79. The van der Waals surface area contributed by atoms with Crippen LogP contribution in [0.25, 0.3) is 10.9 Å². The van der Waals surface area contributed by atoms with E-state index in [2.05, 4.69) is 5.32 Å². The molecule has 2 aromatic carbocycles. The molecule has 5 nitrogen and oxygen atoms in total. The molecule has 0 radical (unpaired) electrons. The maximum Gasteiger partial charge on any atom is 0.251 e. The van der Waals surface area contributed by atoms with Gasteiger partial charge in [0.2, 0.25) is 5.91 Å². The Morgan fingerprint density at radius 2 is 1.92 bits per heavy atom. The van der Waals surface area contributed by atoms with Gasteiger partial charge in [-0.2, -0.15) is 0 Å². The first-order valence-corrected chi connectivity index (χ1v) is 8.51. The molecule has 0 saturated carbocycles. The van der Waals surface area contributed by atoms with Crippen molar-refractivity contribution in [1.82, 2.24) is 4.57 Å². The van der Waals surface area contributed by atoms with E-state index in [9.17, 15) is 9.59 Å². The maximum atomic E-state index is 12.5. The number of aromatic nitrogens is 1. The summed E-state index contributed by atoms with van der Waals surface area (Å²) in [6, 6.07) is 12.3. The first-order chi connectivity index (χ1) is 12.4. The number of nitrogens with zero attached hydrogens (tertiary/aromatic N) is 1. The number of pyridine rings is 1. The lowest BCUT2D eigenvalue weighted by molar-refractivity contribution is -0.116. The van der Waals surface area contributed by atoms with Gasteiger partial charge in [0, 0.05) is 22.2 Å². The summed E-state index contributed by atoms with van der Waals surface area (Å²) < 4.78 is 6.82. The molecule has 6 heteroatoms. The molecule has 1 amide bonds. The normalized spacial score (nSPS) is 10.8. The van der Waals surface area contributed by atoms with E-state index in [4.69, 9.17) is 16.3 Å². The number of methoxy groups -OCH3 is 1. The first-order valence-electron chi connectivity index (χ1n) is 8.14. The second-order valence-corrected chi connectivity index (χ2v) is 6.53. The lowest BCUT2D eigenvalue weighted by Gasteiger charge is -2.15. The van der Waals surface area contributed by atoms with Crippen molar-refractivity contribution in [3.8, 4) is 5.75 Å². The third-order valence-electron chi connectivity index (χ3n) is 4.28. The standard InChI is InChI=1S/C20H19ClN2O3/c1-12-7-8-14(10-16(12)21)22-18(24)11-23-19(25)9-13(2)15-5-4-6-17(26-3)20(15)23/h4-10H,11H2,1-3H3,(H,22,24). The molecular weight excluding hydrogens is 352 g/mol. The topological polar surface area (TPSA) is 60.3 Å². The number of carbonyl (C=O) groups is 1. The Kier molecular flexibility index (Phi) is 5.00. The smallest absolute Gasteiger partial charge is 0.251 e. The van der Waals surface area contributed by atoms with Crippen LogP contribution in [0.5, 0.6) is 5.75 Å². The van der Waals surface area contributed by atoms with Crippen LogP contribution in [-0.2, 0) is 11.3 Å². The van der Waals surface area contributed by atoms with Crippen LogP contribution < -0.4 is 15.6 Å². The molecule has 0 saturated heterocycles. The maximum absolute atomic E-state index is 12.5. The number of anilines is 1. The molecule has 1 aromatic heterocycles. The lowest BCUT2D eigenvalue weighted by atomic mass is 10.1. The molecule has 3 aromatic rings. The highest BCUT2D eigenvalue weighted by Gasteiger charge is 2.14. The van der Waals surface area contributed by atoms with Gasteiger partial charge in [-0.25, -0.2) is 0 Å². The highest BCUT2D eigenvalue weighted by atomic mass is 35.5. The summed E-state index contributed by atoms with van der Waals surface area (Å²) in [6.45, 7) is 3.63. The molecule has 0 aliphatic carbocycles. The van der Waals surface area contributed by atoms with Gasteiger partial charge in [0.1, 0.15) is 12.3 Å². The fraction of sp³-hybridized carbons (Fsp3) is 0.200. The lowest BCUT2D eigenvalue weighted by Crippen LogP contribution is -2.28. The van der Waals surface area contributed by atoms with E-state index in [1.165, 1.54) is 10.6 Å². The largest absolute Gasteiger partial charge is 0.495 e. The minimum atomic E-state index is -0.317. The predicted molar refractivity (Wildman–Crippen MR) is 104 cm³/mol. The second-order valence-electron chi connectivity index (χ2n) is 6.12. The highest BCUT2D eigenvalue weighted by molar-refractivity contribution is 6.31. The number of carbonyl (C=O) groups excluding carboxylic acids is 1. The van der Waals surface area contributed by atoms with Crippen molar-refractivity contribution in [2.75, 3.05) is 12.4 Å². The van der Waals surface area contributed by atoms with E-state index < -0.39 is 0 Å². The molecule has 26 heavy (non-hydrogen) atoms. The molecular formula is C20H19ClN2O3. The van der Waals surface area contributed by atoms with Crippen LogP contribution in [0, 0.1) is 13.8 Å². The van der Waals surface area contributed by atoms with E-state index in [0.717, 1.165) is 16.5 Å². The van der Waals surface area contributed by atoms with Gasteiger partial charge in [-0.05, 0) is 43.2 Å². The molecule has 134 valence electrons. The number of rotatable bonds is 4. The summed E-state index contributed by atoms with van der Waals surface area (Å²) in [4.78, 5) is 25.0. The number of fused-ring (bicyclic) bond motifs is 1. The number of hydrogen-bond acceptors (Lipinski definition) is 3. The number of para-hydroxylation sites is 1. The fourth-order valence-electron chi connectivity index (χ4n) is 2.91. The van der Waals surface area contributed by atoms with Gasteiger partial charge in [0.05, 0.1) is 12.6 Å². The van der Waals surface area contributed by atoms with Crippen molar-refractivity contribution in [3.05, 3.63) is 69.0 Å². The number of aryl methyl sites for hydroxylation is 2. The van der Waals surface area contributed by atoms with Gasteiger partial charge in [-0.1, -0.05) is 29.8 Å². The van der Waals surface area contributed by atoms with Crippen LogP contribution in [0.1, 0.15) is 11.1 Å². The average Bonchev–Trinajstić information content (AvgIpc) is 2.61. The van der Waals surface area contributed by atoms with E-state index >= 15 is 0 Å². The zero-order chi connectivity index (χ0) is 18.8. The SMILES string of the molecule is COc1cccc2c(C)cc(=O)n(CC(=O)Nc3ccc(C)c(Cl)c3)c12. The highest BCUT2D eigenvalue weighted by Crippen LogP contribution is 2.26. The van der Waals surface area contributed by atoms with Gasteiger partial charge >= 0.3 is 0 Å². The molecule has 3 rings (SSSR count). The van der Waals surface area contributed by atoms with E-state index in [-0.39, 0.29) is 18.0 Å². The summed E-state index contributed by atoms with van der Waals surface area (Å²) in [7, 11) is 1.54. The molecule has 0 spiro atoms. The molecule has 0 aliphatic rings. The second kappa shape index (κ2) is 7.22. The summed E-state index contributed by atoms with van der Waals surface area (Å²) in [5, 5.41) is 4.22. The molecule has 0 bridgehead atoms. The van der Waals surface area contributed by atoms with Crippen LogP contribution in [0.15, 0.2) is 47.3 Å². The zero-order valence-corrected chi connectivity index (χ0v) is 15.6. The average molecular weight is 371 g/mol. The van der Waals surface area contributed by atoms with Crippen LogP contribution in [0.4, 0.5) is 5.69 Å². The van der Waals surface area contributed by atoms with Gasteiger partial charge in [0.25, 0.3) is 5.56 Å². The molecule has 1 N–H and O–H groups in total. The van der Waals surface area contributed by atoms with Crippen LogP contribution in [0.3, 0.4) is 0 Å². The van der Waals surface area contributed by atoms with E-state index in [0.29, 0.717) is 22.0 Å². The third-order valence-corrected chi connectivity index (χ3v) is 4.68. The Morgan fingerprint density at radius 3 is 2.62 bits per heavy atom. The van der Waals surface area contributed by atoms with Crippen molar-refractivity contribution < 1.29 is 9.53 Å². The van der Waals surface area contributed by atoms with E-state index in [1.807, 2.05) is 32.0 Å².